The van der Waals surface area contributed by atoms with Crippen molar-refractivity contribution in [2.24, 2.45) is 17.8 Å². The SMILES string of the molecule is CN(C)C.CS(=O)(=O)OC12CC3CC(CC(C3)C1)C2. The van der Waals surface area contributed by atoms with Crippen LogP contribution in [0.4, 0.5) is 0 Å². The van der Waals surface area contributed by atoms with Crippen LogP contribution in [0.1, 0.15) is 38.5 Å². The van der Waals surface area contributed by atoms with Gasteiger partial charge in [0.1, 0.15) is 0 Å². The molecule has 0 saturated heterocycles. The van der Waals surface area contributed by atoms with Crippen LogP contribution in [0.5, 0.6) is 0 Å². The Morgan fingerprint density at radius 3 is 1.53 bits per heavy atom. The second-order valence-electron chi connectivity index (χ2n) is 7.23. The van der Waals surface area contributed by atoms with E-state index < -0.39 is 10.1 Å². The molecule has 0 atom stereocenters. The minimum absolute atomic E-state index is 0.303. The second kappa shape index (κ2) is 5.34. The summed E-state index contributed by atoms with van der Waals surface area (Å²) < 4.78 is 28.0. The van der Waals surface area contributed by atoms with E-state index in [4.69, 9.17) is 4.18 Å². The number of rotatable bonds is 2. The molecule has 112 valence electrons. The summed E-state index contributed by atoms with van der Waals surface area (Å²) in [4.78, 5) is 2.00. The van der Waals surface area contributed by atoms with Crippen LogP contribution in [0, 0.1) is 17.8 Å². The molecule has 4 rings (SSSR count). The van der Waals surface area contributed by atoms with Gasteiger partial charge in [0.25, 0.3) is 10.1 Å². The summed E-state index contributed by atoms with van der Waals surface area (Å²) in [6.07, 6.45) is 8.06. The molecular formula is C14H27NO3S. The molecule has 4 saturated carbocycles. The van der Waals surface area contributed by atoms with E-state index in [1.165, 1.54) is 25.5 Å². The molecular weight excluding hydrogens is 262 g/mol. The van der Waals surface area contributed by atoms with Gasteiger partial charge in [0.05, 0.1) is 11.9 Å². The predicted octanol–water partition coefficient (Wildman–Crippen LogP) is 2.11. The number of hydrogen-bond donors (Lipinski definition) is 0. The molecule has 0 aromatic heterocycles. The summed E-state index contributed by atoms with van der Waals surface area (Å²) in [6.45, 7) is 0. The standard InChI is InChI=1S/C11H18O3S.C3H9N/c1-15(12,13)14-11-5-8-2-9(6-11)4-10(3-8)7-11;1-4(2)3/h8-10H,2-7H2,1H3;1-3H3. The fourth-order valence-corrected chi connectivity index (χ4v) is 5.30. The lowest BCUT2D eigenvalue weighted by Gasteiger charge is -2.55. The minimum Gasteiger partial charge on any atom is -0.312 e. The Kier molecular flexibility index (Phi) is 4.29. The maximum absolute atomic E-state index is 11.3. The highest BCUT2D eigenvalue weighted by Crippen LogP contribution is 2.57. The Balaban J connectivity index is 0.000000297. The maximum Gasteiger partial charge on any atom is 0.264 e. The van der Waals surface area contributed by atoms with Gasteiger partial charge < -0.3 is 4.90 Å². The molecule has 0 radical (unpaired) electrons. The molecule has 0 aromatic carbocycles. The van der Waals surface area contributed by atoms with Crippen LogP contribution in [0.2, 0.25) is 0 Å². The van der Waals surface area contributed by atoms with Crippen LogP contribution in [0.15, 0.2) is 0 Å². The van der Waals surface area contributed by atoms with E-state index in [9.17, 15) is 8.42 Å². The van der Waals surface area contributed by atoms with Gasteiger partial charge in [-0.3, -0.25) is 4.18 Å². The molecule has 19 heavy (non-hydrogen) atoms. The van der Waals surface area contributed by atoms with Gasteiger partial charge >= 0.3 is 0 Å². The van der Waals surface area contributed by atoms with E-state index in [2.05, 4.69) is 0 Å². The average molecular weight is 289 g/mol. The van der Waals surface area contributed by atoms with Crippen molar-refractivity contribution in [3.8, 4) is 0 Å². The molecule has 4 aliphatic rings. The normalized spacial score (nSPS) is 40.2. The fraction of sp³-hybridized carbons (Fsp3) is 1.00. The van der Waals surface area contributed by atoms with Crippen molar-refractivity contribution >= 4 is 10.1 Å². The van der Waals surface area contributed by atoms with Gasteiger partial charge in [0.2, 0.25) is 0 Å². The molecule has 5 heteroatoms. The summed E-state index contributed by atoms with van der Waals surface area (Å²) in [6, 6.07) is 0. The van der Waals surface area contributed by atoms with Crippen molar-refractivity contribution in [2.75, 3.05) is 27.4 Å². The van der Waals surface area contributed by atoms with Crippen molar-refractivity contribution in [1.82, 2.24) is 4.90 Å². The summed E-state index contributed by atoms with van der Waals surface area (Å²) in [5.41, 5.74) is -0.303. The minimum atomic E-state index is -3.29. The van der Waals surface area contributed by atoms with Gasteiger partial charge in [-0.2, -0.15) is 8.42 Å². The molecule has 0 unspecified atom stereocenters. The lowest BCUT2D eigenvalue weighted by atomic mass is 9.54. The molecule has 0 amide bonds. The zero-order chi connectivity index (χ0) is 14.3. The van der Waals surface area contributed by atoms with Gasteiger partial charge in [-0.1, -0.05) is 0 Å². The van der Waals surface area contributed by atoms with Crippen molar-refractivity contribution in [3.63, 3.8) is 0 Å². The Labute approximate surface area is 117 Å². The lowest BCUT2D eigenvalue weighted by Crippen LogP contribution is -2.52. The van der Waals surface area contributed by atoms with Crippen LogP contribution in [-0.4, -0.2) is 46.3 Å². The molecule has 4 bridgehead atoms. The highest BCUT2D eigenvalue weighted by atomic mass is 32.2. The van der Waals surface area contributed by atoms with Crippen LogP contribution >= 0.6 is 0 Å². The molecule has 4 aliphatic carbocycles. The Hall–Kier alpha value is -0.130. The molecule has 0 heterocycles. The molecule has 0 N–H and O–H groups in total. The summed E-state index contributed by atoms with van der Waals surface area (Å²) in [5, 5.41) is 0. The van der Waals surface area contributed by atoms with Crippen molar-refractivity contribution in [1.29, 1.82) is 0 Å². The van der Waals surface area contributed by atoms with Gasteiger partial charge in [-0.25, -0.2) is 0 Å². The smallest absolute Gasteiger partial charge is 0.264 e. The zero-order valence-corrected chi connectivity index (χ0v) is 13.4. The third kappa shape index (κ3) is 4.17. The van der Waals surface area contributed by atoms with Gasteiger partial charge in [-0.15, -0.1) is 0 Å². The molecule has 0 aromatic rings. The zero-order valence-electron chi connectivity index (χ0n) is 12.6. The summed E-state index contributed by atoms with van der Waals surface area (Å²) in [7, 11) is 2.71. The maximum atomic E-state index is 11.3. The van der Waals surface area contributed by atoms with Gasteiger partial charge in [-0.05, 0) is 77.4 Å². The fourth-order valence-electron chi connectivity index (χ4n) is 4.45. The van der Waals surface area contributed by atoms with E-state index >= 15 is 0 Å². The van der Waals surface area contributed by atoms with E-state index in [0.29, 0.717) is 0 Å². The van der Waals surface area contributed by atoms with Crippen LogP contribution in [0.25, 0.3) is 0 Å². The van der Waals surface area contributed by atoms with E-state index in [1.807, 2.05) is 26.0 Å². The topological polar surface area (TPSA) is 46.6 Å². The largest absolute Gasteiger partial charge is 0.312 e. The van der Waals surface area contributed by atoms with Crippen LogP contribution in [-0.2, 0) is 14.3 Å². The highest BCUT2D eigenvalue weighted by molar-refractivity contribution is 7.86. The Morgan fingerprint density at radius 2 is 1.26 bits per heavy atom. The first-order valence-corrected chi connectivity index (χ1v) is 9.01. The van der Waals surface area contributed by atoms with Crippen molar-refractivity contribution < 1.29 is 12.6 Å². The Morgan fingerprint density at radius 1 is 0.947 bits per heavy atom. The number of nitrogens with zero attached hydrogens (tertiary/aromatic N) is 1. The average Bonchev–Trinajstić information content (AvgIpc) is 2.08. The summed E-state index contributed by atoms with van der Waals surface area (Å²) >= 11 is 0. The quantitative estimate of drug-likeness (QED) is 0.731. The first-order chi connectivity index (χ1) is 8.67. The van der Waals surface area contributed by atoms with Crippen LogP contribution in [0.3, 0.4) is 0 Å². The second-order valence-corrected chi connectivity index (χ2v) is 8.80. The third-order valence-electron chi connectivity index (χ3n) is 4.31. The number of hydrogen-bond acceptors (Lipinski definition) is 4. The first-order valence-electron chi connectivity index (χ1n) is 7.19. The van der Waals surface area contributed by atoms with Gasteiger partial charge in [0, 0.05) is 0 Å². The van der Waals surface area contributed by atoms with Crippen LogP contribution < -0.4 is 0 Å². The lowest BCUT2D eigenvalue weighted by molar-refractivity contribution is -0.104. The molecule has 0 aliphatic heterocycles. The van der Waals surface area contributed by atoms with Crippen molar-refractivity contribution in [2.45, 2.75) is 44.1 Å². The molecule has 0 spiro atoms. The van der Waals surface area contributed by atoms with Gasteiger partial charge in [0.15, 0.2) is 0 Å². The van der Waals surface area contributed by atoms with E-state index in [-0.39, 0.29) is 5.60 Å². The van der Waals surface area contributed by atoms with Crippen molar-refractivity contribution in [3.05, 3.63) is 0 Å². The highest BCUT2D eigenvalue weighted by Gasteiger charge is 2.53. The molecule has 4 nitrogen and oxygen atoms in total. The molecule has 4 fully saturated rings. The van der Waals surface area contributed by atoms with E-state index in [1.54, 1.807) is 0 Å². The predicted molar refractivity (Wildman–Crippen MR) is 76.4 cm³/mol. The summed E-state index contributed by atoms with van der Waals surface area (Å²) in [5.74, 6) is 2.20. The first kappa shape index (κ1) is 15.3. The Bertz CT molecular complexity index is 378. The van der Waals surface area contributed by atoms with E-state index in [0.717, 1.165) is 37.0 Å². The monoisotopic (exact) mass is 289 g/mol. The third-order valence-corrected chi connectivity index (χ3v) is 4.97.